The van der Waals surface area contributed by atoms with Gasteiger partial charge in [-0.2, -0.15) is 8.42 Å². The first-order valence-corrected chi connectivity index (χ1v) is 13.9. The first kappa shape index (κ1) is 23.5. The first-order chi connectivity index (χ1) is 16.5. The summed E-state index contributed by atoms with van der Waals surface area (Å²) in [5.74, 6) is 2.40. The number of imidazole rings is 1. The molecule has 2 aromatic carbocycles. The third-order valence-electron chi connectivity index (χ3n) is 7.36. The van der Waals surface area contributed by atoms with Gasteiger partial charge >= 0.3 is 10.3 Å². The zero-order valence-electron chi connectivity index (χ0n) is 19.5. The standard InChI is InChI=1S/C20H21N3.C6H13NO3S/c1-2-6-16-15(5-1)13-23-18-8-4-3-7-17(18)22-20(23)19(16)14-9-11-21-12-10-14;7-11(8,9)10-6-4-2-1-3-5-6/h1-8,14,19,21H,9-13H2;6H,1-5H2,(H2,7,8,9). The van der Waals surface area contributed by atoms with Gasteiger partial charge in [-0.25, -0.2) is 10.1 Å². The summed E-state index contributed by atoms with van der Waals surface area (Å²) < 4.78 is 28.0. The fraction of sp³-hybridized carbons (Fsp3) is 0.500. The number of nitrogens with two attached hydrogens (primary N) is 1. The molecule has 6 rings (SSSR count). The Morgan fingerprint density at radius 3 is 2.41 bits per heavy atom. The van der Waals surface area contributed by atoms with Crippen LogP contribution in [0.4, 0.5) is 0 Å². The van der Waals surface area contributed by atoms with Crippen molar-refractivity contribution in [1.82, 2.24) is 14.9 Å². The molecule has 182 valence electrons. The van der Waals surface area contributed by atoms with Crippen LogP contribution in [0, 0.1) is 5.92 Å². The quantitative estimate of drug-likeness (QED) is 0.586. The van der Waals surface area contributed by atoms with Gasteiger partial charge in [-0.3, -0.25) is 4.18 Å². The number of benzene rings is 2. The molecular formula is C26H34N4O3S. The molecule has 7 nitrogen and oxygen atoms in total. The molecule has 0 amide bonds. The molecule has 0 spiro atoms. The van der Waals surface area contributed by atoms with Gasteiger partial charge in [0.15, 0.2) is 0 Å². The first-order valence-electron chi connectivity index (χ1n) is 12.4. The van der Waals surface area contributed by atoms with Crippen molar-refractivity contribution in [3.05, 3.63) is 65.5 Å². The molecule has 1 aliphatic carbocycles. The Morgan fingerprint density at radius 2 is 1.65 bits per heavy atom. The van der Waals surface area contributed by atoms with E-state index in [1.807, 2.05) is 0 Å². The molecule has 3 N–H and O–H groups in total. The molecule has 3 heterocycles. The van der Waals surface area contributed by atoms with E-state index >= 15 is 0 Å². The molecule has 2 fully saturated rings. The van der Waals surface area contributed by atoms with E-state index in [0.29, 0.717) is 11.8 Å². The second-order valence-electron chi connectivity index (χ2n) is 9.66. The highest BCUT2D eigenvalue weighted by molar-refractivity contribution is 7.84. The monoisotopic (exact) mass is 482 g/mol. The zero-order valence-corrected chi connectivity index (χ0v) is 20.3. The van der Waals surface area contributed by atoms with Crippen LogP contribution in [-0.2, 0) is 21.0 Å². The van der Waals surface area contributed by atoms with Gasteiger partial charge in [0.05, 0.1) is 17.1 Å². The third kappa shape index (κ3) is 5.20. The van der Waals surface area contributed by atoms with Gasteiger partial charge < -0.3 is 9.88 Å². The van der Waals surface area contributed by atoms with E-state index in [9.17, 15) is 8.42 Å². The van der Waals surface area contributed by atoms with Crippen molar-refractivity contribution in [2.75, 3.05) is 13.1 Å². The highest BCUT2D eigenvalue weighted by atomic mass is 32.2. The van der Waals surface area contributed by atoms with Gasteiger partial charge in [-0.05, 0) is 68.0 Å². The Hall–Kier alpha value is -2.26. The average Bonchev–Trinajstić information content (AvgIpc) is 3.21. The summed E-state index contributed by atoms with van der Waals surface area (Å²) in [6.45, 7) is 3.21. The van der Waals surface area contributed by atoms with E-state index < -0.39 is 10.3 Å². The second-order valence-corrected chi connectivity index (χ2v) is 10.8. The van der Waals surface area contributed by atoms with Crippen molar-refractivity contribution in [3.63, 3.8) is 0 Å². The summed E-state index contributed by atoms with van der Waals surface area (Å²) in [6, 6.07) is 17.5. The highest BCUT2D eigenvalue weighted by Gasteiger charge is 2.34. The molecule has 2 aliphatic heterocycles. The summed E-state index contributed by atoms with van der Waals surface area (Å²) in [6.07, 6.45) is 7.20. The van der Waals surface area contributed by atoms with Crippen molar-refractivity contribution < 1.29 is 12.6 Å². The lowest BCUT2D eigenvalue weighted by Gasteiger charge is -2.35. The maximum atomic E-state index is 10.5. The molecule has 1 saturated heterocycles. The minimum absolute atomic E-state index is 0.168. The number of rotatable bonds is 3. The van der Waals surface area contributed by atoms with Crippen LogP contribution in [0.2, 0.25) is 0 Å². The predicted octanol–water partition coefficient (Wildman–Crippen LogP) is 4.07. The average molecular weight is 483 g/mol. The van der Waals surface area contributed by atoms with Crippen LogP contribution in [0.15, 0.2) is 48.5 Å². The Labute approximate surface area is 202 Å². The van der Waals surface area contributed by atoms with E-state index in [1.165, 1.54) is 41.7 Å². The van der Waals surface area contributed by atoms with E-state index in [-0.39, 0.29) is 6.10 Å². The van der Waals surface area contributed by atoms with Crippen molar-refractivity contribution >= 4 is 21.3 Å². The number of piperidine rings is 1. The SMILES string of the molecule is NS(=O)(=O)OC1CCCCC1.c1ccc2c(c1)Cn1c(nc3ccccc31)C2C1CCNCC1. The molecule has 3 aliphatic rings. The van der Waals surface area contributed by atoms with Crippen LogP contribution in [0.3, 0.4) is 0 Å². The normalized spacial score (nSPS) is 21.4. The van der Waals surface area contributed by atoms with Crippen molar-refractivity contribution in [2.45, 2.75) is 63.5 Å². The van der Waals surface area contributed by atoms with Crippen LogP contribution in [0.1, 0.15) is 67.8 Å². The second kappa shape index (κ2) is 10.2. The summed E-state index contributed by atoms with van der Waals surface area (Å²) in [4.78, 5) is 5.05. The third-order valence-corrected chi connectivity index (χ3v) is 7.90. The van der Waals surface area contributed by atoms with Crippen LogP contribution in [0.25, 0.3) is 11.0 Å². The van der Waals surface area contributed by atoms with Crippen LogP contribution >= 0.6 is 0 Å². The summed E-state index contributed by atoms with van der Waals surface area (Å²) >= 11 is 0. The van der Waals surface area contributed by atoms with Gasteiger partial charge in [0.1, 0.15) is 5.82 Å². The van der Waals surface area contributed by atoms with Crippen LogP contribution in [0.5, 0.6) is 0 Å². The van der Waals surface area contributed by atoms with Crippen molar-refractivity contribution in [3.8, 4) is 0 Å². The molecule has 1 aromatic heterocycles. The number of aromatic nitrogens is 2. The predicted molar refractivity (Wildman–Crippen MR) is 134 cm³/mol. The minimum Gasteiger partial charge on any atom is -0.323 e. The lowest BCUT2D eigenvalue weighted by atomic mass is 9.77. The highest BCUT2D eigenvalue weighted by Crippen LogP contribution is 2.42. The van der Waals surface area contributed by atoms with E-state index in [1.54, 1.807) is 0 Å². The smallest absolute Gasteiger partial charge is 0.323 e. The maximum absolute atomic E-state index is 10.5. The van der Waals surface area contributed by atoms with Gasteiger partial charge in [-0.1, -0.05) is 55.7 Å². The fourth-order valence-electron chi connectivity index (χ4n) is 5.78. The molecule has 1 unspecified atom stereocenters. The Balaban J connectivity index is 0.000000186. The number of hydrogen-bond donors (Lipinski definition) is 2. The lowest BCUT2D eigenvalue weighted by Crippen LogP contribution is -2.34. The molecule has 0 bridgehead atoms. The fourth-order valence-corrected chi connectivity index (χ4v) is 6.35. The topological polar surface area (TPSA) is 99.2 Å². The van der Waals surface area contributed by atoms with Crippen molar-refractivity contribution in [2.24, 2.45) is 11.1 Å². The Kier molecular flexibility index (Phi) is 7.01. The minimum atomic E-state index is -3.72. The molecule has 34 heavy (non-hydrogen) atoms. The molecule has 1 atom stereocenters. The Bertz CT molecular complexity index is 1230. The maximum Gasteiger partial charge on any atom is 0.333 e. The molecule has 1 saturated carbocycles. The zero-order chi connectivity index (χ0) is 23.5. The molecular weight excluding hydrogens is 448 g/mol. The van der Waals surface area contributed by atoms with Gasteiger partial charge in [-0.15, -0.1) is 0 Å². The summed E-state index contributed by atoms with van der Waals surface area (Å²) in [5.41, 5.74) is 5.37. The molecule has 8 heteroatoms. The number of nitrogens with zero attached hydrogens (tertiary/aromatic N) is 2. The Morgan fingerprint density at radius 1 is 0.941 bits per heavy atom. The lowest BCUT2D eigenvalue weighted by molar-refractivity contribution is 0.162. The number of fused-ring (bicyclic) bond motifs is 4. The number of hydrogen-bond acceptors (Lipinski definition) is 5. The van der Waals surface area contributed by atoms with Gasteiger partial charge in [0.2, 0.25) is 0 Å². The van der Waals surface area contributed by atoms with E-state index in [2.05, 4.69) is 62.6 Å². The molecule has 0 radical (unpaired) electrons. The summed E-state index contributed by atoms with van der Waals surface area (Å²) in [5, 5.41) is 8.22. The van der Waals surface area contributed by atoms with Crippen LogP contribution < -0.4 is 10.5 Å². The largest absolute Gasteiger partial charge is 0.333 e. The number of para-hydroxylation sites is 2. The van der Waals surface area contributed by atoms with Gasteiger partial charge in [0.25, 0.3) is 0 Å². The molecule has 3 aromatic rings. The number of nitrogens with one attached hydrogen (secondary N) is 1. The van der Waals surface area contributed by atoms with E-state index in [4.69, 9.17) is 10.1 Å². The van der Waals surface area contributed by atoms with E-state index in [0.717, 1.165) is 50.8 Å². The van der Waals surface area contributed by atoms with Crippen molar-refractivity contribution in [1.29, 1.82) is 0 Å². The van der Waals surface area contributed by atoms with Crippen LogP contribution in [-0.4, -0.2) is 37.2 Å². The van der Waals surface area contributed by atoms with Gasteiger partial charge in [0, 0.05) is 12.5 Å². The summed E-state index contributed by atoms with van der Waals surface area (Å²) in [7, 11) is -3.72.